The predicted octanol–water partition coefficient (Wildman–Crippen LogP) is 1.98. The molecule has 0 saturated heterocycles. The van der Waals surface area contributed by atoms with Crippen LogP contribution < -0.4 is 10.5 Å². The maximum Gasteiger partial charge on any atom is 0.142 e. The van der Waals surface area contributed by atoms with E-state index in [-0.39, 0.29) is 5.82 Å². The largest absolute Gasteiger partial charge is 0.495 e. The summed E-state index contributed by atoms with van der Waals surface area (Å²) in [5, 5.41) is 0. The molecule has 1 aromatic carbocycles. The summed E-state index contributed by atoms with van der Waals surface area (Å²) in [6.45, 7) is 1.88. The first kappa shape index (κ1) is 8.84. The summed E-state index contributed by atoms with van der Waals surface area (Å²) in [6.07, 6.45) is 0.641. The average molecular weight is 169 g/mol. The van der Waals surface area contributed by atoms with Crippen molar-refractivity contribution in [3.05, 3.63) is 23.5 Å². The molecule has 3 heteroatoms. The van der Waals surface area contributed by atoms with Gasteiger partial charge in [0.15, 0.2) is 0 Å². The van der Waals surface area contributed by atoms with Crippen molar-refractivity contribution in [2.45, 2.75) is 13.3 Å². The number of hydrogen-bond acceptors (Lipinski definition) is 2. The fourth-order valence-electron chi connectivity index (χ4n) is 1.06. The van der Waals surface area contributed by atoms with Gasteiger partial charge in [-0.2, -0.15) is 0 Å². The molecule has 0 aliphatic heterocycles. The number of anilines is 1. The molecule has 2 nitrogen and oxygen atoms in total. The van der Waals surface area contributed by atoms with Gasteiger partial charge in [-0.15, -0.1) is 0 Å². The second-order valence-electron chi connectivity index (χ2n) is 2.54. The molecule has 0 aromatic heterocycles. The normalized spacial score (nSPS) is 9.92. The van der Waals surface area contributed by atoms with Crippen molar-refractivity contribution in [1.82, 2.24) is 0 Å². The van der Waals surface area contributed by atoms with Gasteiger partial charge in [-0.25, -0.2) is 4.39 Å². The van der Waals surface area contributed by atoms with Crippen LogP contribution in [0.4, 0.5) is 10.1 Å². The van der Waals surface area contributed by atoms with Crippen molar-refractivity contribution in [2.75, 3.05) is 12.8 Å². The Morgan fingerprint density at radius 3 is 2.67 bits per heavy atom. The lowest BCUT2D eigenvalue weighted by molar-refractivity contribution is 0.415. The van der Waals surface area contributed by atoms with E-state index in [0.29, 0.717) is 23.4 Å². The predicted molar refractivity (Wildman–Crippen MR) is 46.7 cm³/mol. The number of benzene rings is 1. The van der Waals surface area contributed by atoms with E-state index < -0.39 is 0 Å². The van der Waals surface area contributed by atoms with E-state index in [9.17, 15) is 4.39 Å². The monoisotopic (exact) mass is 169 g/mol. The van der Waals surface area contributed by atoms with Crippen molar-refractivity contribution >= 4 is 5.69 Å². The lowest BCUT2D eigenvalue weighted by atomic mass is 10.1. The van der Waals surface area contributed by atoms with Crippen molar-refractivity contribution < 1.29 is 9.13 Å². The third-order valence-corrected chi connectivity index (χ3v) is 1.78. The number of hydrogen-bond donors (Lipinski definition) is 1. The summed E-state index contributed by atoms with van der Waals surface area (Å²) >= 11 is 0. The smallest absolute Gasteiger partial charge is 0.142 e. The molecule has 0 aliphatic rings. The Balaban J connectivity index is 3.18. The van der Waals surface area contributed by atoms with E-state index in [1.165, 1.54) is 13.2 Å². The van der Waals surface area contributed by atoms with Crippen LogP contribution in [0.25, 0.3) is 0 Å². The molecule has 0 amide bonds. The highest BCUT2D eigenvalue weighted by atomic mass is 19.1. The molecule has 0 bridgehead atoms. The van der Waals surface area contributed by atoms with Gasteiger partial charge in [-0.05, 0) is 18.1 Å². The SMILES string of the molecule is CCc1cc(OC)c(N)cc1F. The maximum absolute atomic E-state index is 13.0. The molecule has 0 atom stereocenters. The highest BCUT2D eigenvalue weighted by molar-refractivity contribution is 5.54. The molecular weight excluding hydrogens is 157 g/mol. The first-order chi connectivity index (χ1) is 5.69. The number of nitrogen functional groups attached to an aromatic ring is 1. The Kier molecular flexibility index (Phi) is 2.53. The van der Waals surface area contributed by atoms with E-state index >= 15 is 0 Å². The quantitative estimate of drug-likeness (QED) is 0.687. The zero-order valence-electron chi connectivity index (χ0n) is 7.23. The van der Waals surface area contributed by atoms with Gasteiger partial charge < -0.3 is 10.5 Å². The standard InChI is InChI=1S/C9H12FNO/c1-3-6-4-9(12-2)8(11)5-7(6)10/h4-5H,3,11H2,1-2H3. The van der Waals surface area contributed by atoms with Crippen LogP contribution in [-0.2, 0) is 6.42 Å². The molecule has 0 unspecified atom stereocenters. The number of methoxy groups -OCH3 is 1. The molecule has 66 valence electrons. The highest BCUT2D eigenvalue weighted by Crippen LogP contribution is 2.24. The molecule has 0 saturated carbocycles. The topological polar surface area (TPSA) is 35.2 Å². The van der Waals surface area contributed by atoms with Crippen LogP contribution in [0.15, 0.2) is 12.1 Å². The first-order valence-electron chi connectivity index (χ1n) is 3.81. The van der Waals surface area contributed by atoms with Gasteiger partial charge in [0.25, 0.3) is 0 Å². The van der Waals surface area contributed by atoms with E-state index in [4.69, 9.17) is 10.5 Å². The minimum absolute atomic E-state index is 0.268. The van der Waals surface area contributed by atoms with Gasteiger partial charge in [0, 0.05) is 6.07 Å². The van der Waals surface area contributed by atoms with Crippen LogP contribution in [-0.4, -0.2) is 7.11 Å². The summed E-state index contributed by atoms with van der Waals surface area (Å²) < 4.78 is 18.0. The van der Waals surface area contributed by atoms with E-state index in [1.54, 1.807) is 6.07 Å². The highest BCUT2D eigenvalue weighted by Gasteiger charge is 2.05. The van der Waals surface area contributed by atoms with Gasteiger partial charge >= 0.3 is 0 Å². The molecule has 0 aliphatic carbocycles. The second kappa shape index (κ2) is 3.43. The molecule has 0 radical (unpaired) electrons. The zero-order valence-corrected chi connectivity index (χ0v) is 7.23. The fraction of sp³-hybridized carbons (Fsp3) is 0.333. The summed E-state index contributed by atoms with van der Waals surface area (Å²) in [5.74, 6) is 0.268. The van der Waals surface area contributed by atoms with Crippen molar-refractivity contribution in [1.29, 1.82) is 0 Å². The molecule has 1 aromatic rings. The number of aryl methyl sites for hydroxylation is 1. The van der Waals surface area contributed by atoms with Gasteiger partial charge in [0.2, 0.25) is 0 Å². The van der Waals surface area contributed by atoms with E-state index in [0.717, 1.165) is 0 Å². The van der Waals surface area contributed by atoms with Crippen molar-refractivity contribution in [2.24, 2.45) is 0 Å². The fourth-order valence-corrected chi connectivity index (χ4v) is 1.06. The molecule has 1 rings (SSSR count). The van der Waals surface area contributed by atoms with E-state index in [1.807, 2.05) is 6.92 Å². The van der Waals surface area contributed by atoms with Crippen molar-refractivity contribution in [3.63, 3.8) is 0 Å². The lowest BCUT2D eigenvalue weighted by Gasteiger charge is -2.06. The maximum atomic E-state index is 13.0. The number of halogens is 1. The lowest BCUT2D eigenvalue weighted by Crippen LogP contribution is -1.96. The molecule has 0 spiro atoms. The Bertz CT molecular complexity index is 261. The van der Waals surface area contributed by atoms with Crippen LogP contribution >= 0.6 is 0 Å². The summed E-state index contributed by atoms with van der Waals surface area (Å²) in [4.78, 5) is 0. The van der Waals surface area contributed by atoms with Crippen molar-refractivity contribution in [3.8, 4) is 5.75 Å². The van der Waals surface area contributed by atoms with Crippen LogP contribution in [0.5, 0.6) is 5.75 Å². The van der Waals surface area contributed by atoms with Crippen LogP contribution in [0.2, 0.25) is 0 Å². The van der Waals surface area contributed by atoms with Gasteiger partial charge in [0.1, 0.15) is 11.6 Å². The number of ether oxygens (including phenoxy) is 1. The Labute approximate surface area is 71.1 Å². The Hall–Kier alpha value is -1.25. The minimum atomic E-state index is -0.268. The first-order valence-corrected chi connectivity index (χ1v) is 3.81. The third-order valence-electron chi connectivity index (χ3n) is 1.78. The molecule has 12 heavy (non-hydrogen) atoms. The van der Waals surface area contributed by atoms with Gasteiger partial charge in [0.05, 0.1) is 12.8 Å². The second-order valence-corrected chi connectivity index (χ2v) is 2.54. The summed E-state index contributed by atoms with van der Waals surface area (Å²) in [5.41, 5.74) is 6.46. The summed E-state index contributed by atoms with van der Waals surface area (Å²) in [7, 11) is 1.52. The molecular formula is C9H12FNO. The molecule has 2 N–H and O–H groups in total. The molecule has 0 heterocycles. The number of nitrogens with two attached hydrogens (primary N) is 1. The zero-order chi connectivity index (χ0) is 9.14. The van der Waals surface area contributed by atoms with Gasteiger partial charge in [-0.3, -0.25) is 0 Å². The number of rotatable bonds is 2. The minimum Gasteiger partial charge on any atom is -0.495 e. The van der Waals surface area contributed by atoms with Crippen LogP contribution in [0, 0.1) is 5.82 Å². The van der Waals surface area contributed by atoms with Gasteiger partial charge in [-0.1, -0.05) is 6.92 Å². The average Bonchev–Trinajstić information content (AvgIpc) is 2.05. The van der Waals surface area contributed by atoms with E-state index in [2.05, 4.69) is 0 Å². The summed E-state index contributed by atoms with van der Waals surface area (Å²) in [6, 6.07) is 2.92. The molecule has 0 fully saturated rings. The Morgan fingerprint density at radius 2 is 2.17 bits per heavy atom. The van der Waals surface area contributed by atoms with Crippen LogP contribution in [0.3, 0.4) is 0 Å². The third kappa shape index (κ3) is 1.49. The Morgan fingerprint density at radius 1 is 1.50 bits per heavy atom. The van der Waals surface area contributed by atoms with Crippen LogP contribution in [0.1, 0.15) is 12.5 Å².